The number of carbonyl (C=O) groups is 1. The largest absolute Gasteiger partial charge is 0.371 e. The van der Waals surface area contributed by atoms with Crippen LogP contribution in [-0.2, 0) is 6.42 Å². The summed E-state index contributed by atoms with van der Waals surface area (Å²) in [5.41, 5.74) is 9.28. The van der Waals surface area contributed by atoms with Gasteiger partial charge in [0.25, 0.3) is 0 Å². The summed E-state index contributed by atoms with van der Waals surface area (Å²) in [6.07, 6.45) is 4.53. The number of amides is 2. The number of nitrogens with two attached hydrogens (primary N) is 1. The molecular weight excluding hydrogens is 250 g/mol. The molecule has 0 aromatic heterocycles. The number of anilines is 1. The fourth-order valence-corrected chi connectivity index (χ4v) is 3.50. The first-order valence-electron chi connectivity index (χ1n) is 7.58. The summed E-state index contributed by atoms with van der Waals surface area (Å²) in [6.45, 7) is 4.62. The lowest BCUT2D eigenvalue weighted by Gasteiger charge is -2.33. The molecule has 1 aromatic rings. The molecule has 1 aliphatic carbocycles. The Morgan fingerprint density at radius 2 is 2.05 bits per heavy atom. The first-order valence-corrected chi connectivity index (χ1v) is 7.58. The first kappa shape index (κ1) is 13.3. The van der Waals surface area contributed by atoms with Crippen LogP contribution in [0.25, 0.3) is 0 Å². The number of rotatable bonds is 2. The molecule has 1 aromatic carbocycles. The van der Waals surface area contributed by atoms with Gasteiger partial charge in [-0.3, -0.25) is 0 Å². The predicted octanol–water partition coefficient (Wildman–Crippen LogP) is 2.58. The molecule has 1 unspecified atom stereocenters. The minimum Gasteiger partial charge on any atom is -0.371 e. The van der Waals surface area contributed by atoms with Gasteiger partial charge < -0.3 is 16.0 Å². The zero-order valence-electron chi connectivity index (χ0n) is 12.1. The van der Waals surface area contributed by atoms with Crippen LogP contribution in [0.15, 0.2) is 18.2 Å². The maximum absolute atomic E-state index is 11.1. The number of benzene rings is 1. The standard InChI is InChI=1S/C16H23N3O/c1-11-7-9-19(10-8-11)15-4-2-3-12-13(15)5-6-14(12)18-16(17)20/h2-4,11,14H,5-10H2,1H3,(H3,17,18,20). The summed E-state index contributed by atoms with van der Waals surface area (Å²) in [7, 11) is 0. The molecular formula is C16H23N3O. The van der Waals surface area contributed by atoms with Crippen molar-refractivity contribution in [2.24, 2.45) is 11.7 Å². The van der Waals surface area contributed by atoms with E-state index in [2.05, 4.69) is 35.3 Å². The fraction of sp³-hybridized carbons (Fsp3) is 0.562. The van der Waals surface area contributed by atoms with Crippen LogP contribution in [0.3, 0.4) is 0 Å². The van der Waals surface area contributed by atoms with Crippen molar-refractivity contribution >= 4 is 11.7 Å². The SMILES string of the molecule is CC1CCN(c2cccc3c2CCC3NC(N)=O)CC1. The van der Waals surface area contributed by atoms with Crippen molar-refractivity contribution in [2.45, 2.75) is 38.6 Å². The van der Waals surface area contributed by atoms with E-state index in [1.54, 1.807) is 0 Å². The zero-order chi connectivity index (χ0) is 14.1. The molecule has 0 spiro atoms. The highest BCUT2D eigenvalue weighted by molar-refractivity contribution is 5.73. The highest BCUT2D eigenvalue weighted by atomic mass is 16.2. The Hall–Kier alpha value is -1.71. The lowest BCUT2D eigenvalue weighted by Crippen LogP contribution is -2.33. The van der Waals surface area contributed by atoms with Crippen LogP contribution in [0.1, 0.15) is 43.4 Å². The van der Waals surface area contributed by atoms with E-state index in [1.807, 2.05) is 0 Å². The van der Waals surface area contributed by atoms with E-state index < -0.39 is 6.03 Å². The van der Waals surface area contributed by atoms with Gasteiger partial charge in [0.05, 0.1) is 6.04 Å². The van der Waals surface area contributed by atoms with Crippen LogP contribution in [0.2, 0.25) is 0 Å². The molecule has 0 bridgehead atoms. The molecule has 108 valence electrons. The number of fused-ring (bicyclic) bond motifs is 1. The Morgan fingerprint density at radius 1 is 1.30 bits per heavy atom. The number of carbonyl (C=O) groups excluding carboxylic acids is 1. The average molecular weight is 273 g/mol. The van der Waals surface area contributed by atoms with Crippen molar-refractivity contribution in [3.05, 3.63) is 29.3 Å². The Balaban J connectivity index is 1.84. The summed E-state index contributed by atoms with van der Waals surface area (Å²) in [4.78, 5) is 13.6. The van der Waals surface area contributed by atoms with Gasteiger partial charge in [-0.25, -0.2) is 4.79 Å². The van der Waals surface area contributed by atoms with Crippen molar-refractivity contribution in [2.75, 3.05) is 18.0 Å². The second kappa shape index (κ2) is 5.35. The van der Waals surface area contributed by atoms with Crippen molar-refractivity contribution < 1.29 is 4.79 Å². The van der Waals surface area contributed by atoms with Gasteiger partial charge in [0, 0.05) is 18.8 Å². The van der Waals surface area contributed by atoms with Gasteiger partial charge in [0.15, 0.2) is 0 Å². The molecule has 1 aliphatic heterocycles. The summed E-state index contributed by atoms with van der Waals surface area (Å²) < 4.78 is 0. The number of primary amides is 1. The molecule has 4 heteroatoms. The predicted molar refractivity (Wildman–Crippen MR) is 80.8 cm³/mol. The van der Waals surface area contributed by atoms with Crippen LogP contribution in [0, 0.1) is 5.92 Å². The van der Waals surface area contributed by atoms with Gasteiger partial charge in [-0.15, -0.1) is 0 Å². The molecule has 0 saturated carbocycles. The van der Waals surface area contributed by atoms with Gasteiger partial charge in [0.2, 0.25) is 0 Å². The summed E-state index contributed by atoms with van der Waals surface area (Å²) >= 11 is 0. The smallest absolute Gasteiger partial charge is 0.312 e. The molecule has 2 amide bonds. The highest BCUT2D eigenvalue weighted by Crippen LogP contribution is 2.38. The van der Waals surface area contributed by atoms with E-state index in [-0.39, 0.29) is 6.04 Å². The summed E-state index contributed by atoms with van der Waals surface area (Å²) in [5.74, 6) is 0.840. The van der Waals surface area contributed by atoms with E-state index in [0.717, 1.165) is 31.8 Å². The van der Waals surface area contributed by atoms with E-state index >= 15 is 0 Å². The molecule has 4 nitrogen and oxygen atoms in total. The van der Waals surface area contributed by atoms with Crippen LogP contribution in [0.4, 0.5) is 10.5 Å². The Bertz CT molecular complexity index is 506. The third kappa shape index (κ3) is 2.47. The third-order valence-corrected chi connectivity index (χ3v) is 4.69. The number of urea groups is 1. The number of hydrogen-bond donors (Lipinski definition) is 2. The number of piperidine rings is 1. The molecule has 1 atom stereocenters. The molecule has 1 saturated heterocycles. The lowest BCUT2D eigenvalue weighted by atomic mass is 9.97. The molecule has 20 heavy (non-hydrogen) atoms. The Kier molecular flexibility index (Phi) is 3.55. The lowest BCUT2D eigenvalue weighted by molar-refractivity contribution is 0.245. The minimum atomic E-state index is -0.431. The van der Waals surface area contributed by atoms with Crippen molar-refractivity contribution in [3.8, 4) is 0 Å². The van der Waals surface area contributed by atoms with Gasteiger partial charge >= 0.3 is 6.03 Å². The van der Waals surface area contributed by atoms with Crippen LogP contribution in [0.5, 0.6) is 0 Å². The van der Waals surface area contributed by atoms with Crippen molar-refractivity contribution in [1.29, 1.82) is 0 Å². The second-order valence-corrected chi connectivity index (χ2v) is 6.11. The summed E-state index contributed by atoms with van der Waals surface area (Å²) in [5, 5.41) is 2.86. The van der Waals surface area contributed by atoms with Crippen LogP contribution in [-0.4, -0.2) is 19.1 Å². The molecule has 2 aliphatic rings. The minimum absolute atomic E-state index is 0.0890. The average Bonchev–Trinajstić information content (AvgIpc) is 2.82. The van der Waals surface area contributed by atoms with Gasteiger partial charge in [-0.05, 0) is 48.8 Å². The first-order chi connectivity index (χ1) is 9.65. The van der Waals surface area contributed by atoms with Crippen LogP contribution < -0.4 is 16.0 Å². The van der Waals surface area contributed by atoms with Crippen molar-refractivity contribution in [3.63, 3.8) is 0 Å². The molecule has 1 fully saturated rings. The van der Waals surface area contributed by atoms with E-state index in [9.17, 15) is 4.79 Å². The topological polar surface area (TPSA) is 58.4 Å². The van der Waals surface area contributed by atoms with Gasteiger partial charge in [0.1, 0.15) is 0 Å². The molecule has 1 heterocycles. The normalized spacial score (nSPS) is 22.6. The third-order valence-electron chi connectivity index (χ3n) is 4.69. The summed E-state index contributed by atoms with van der Waals surface area (Å²) in [6, 6.07) is 6.11. The number of nitrogens with zero attached hydrogens (tertiary/aromatic N) is 1. The Morgan fingerprint density at radius 3 is 2.75 bits per heavy atom. The monoisotopic (exact) mass is 273 g/mol. The van der Waals surface area contributed by atoms with E-state index in [4.69, 9.17) is 5.73 Å². The zero-order valence-corrected chi connectivity index (χ0v) is 12.1. The quantitative estimate of drug-likeness (QED) is 0.870. The number of nitrogens with one attached hydrogen (secondary N) is 1. The maximum atomic E-state index is 11.1. The maximum Gasteiger partial charge on any atom is 0.312 e. The van der Waals surface area contributed by atoms with E-state index in [1.165, 1.54) is 29.7 Å². The fourth-order valence-electron chi connectivity index (χ4n) is 3.50. The molecule has 3 N–H and O–H groups in total. The molecule has 0 radical (unpaired) electrons. The Labute approximate surface area is 120 Å². The van der Waals surface area contributed by atoms with E-state index in [0.29, 0.717) is 0 Å². The second-order valence-electron chi connectivity index (χ2n) is 6.11. The van der Waals surface area contributed by atoms with Crippen LogP contribution >= 0.6 is 0 Å². The molecule has 3 rings (SSSR count). The van der Waals surface area contributed by atoms with Gasteiger partial charge in [-0.2, -0.15) is 0 Å². The van der Waals surface area contributed by atoms with Crippen molar-refractivity contribution in [1.82, 2.24) is 5.32 Å². The van der Waals surface area contributed by atoms with Gasteiger partial charge in [-0.1, -0.05) is 19.1 Å². The highest BCUT2D eigenvalue weighted by Gasteiger charge is 2.27. The number of hydrogen-bond acceptors (Lipinski definition) is 2.